The van der Waals surface area contributed by atoms with E-state index in [1.54, 1.807) is 25.6 Å². The van der Waals surface area contributed by atoms with Crippen LogP contribution in [0.1, 0.15) is 48.3 Å². The van der Waals surface area contributed by atoms with Crippen LogP contribution in [-0.4, -0.2) is 39.4 Å². The minimum atomic E-state index is -0.115. The summed E-state index contributed by atoms with van der Waals surface area (Å²) in [5.74, 6) is 1.35. The van der Waals surface area contributed by atoms with Gasteiger partial charge < -0.3 is 10.6 Å². The highest BCUT2D eigenvalue weighted by atomic mass is 16.1. The minimum Gasteiger partial charge on any atom is -0.369 e. The number of hydrogen-bond acceptors (Lipinski definition) is 6. The van der Waals surface area contributed by atoms with E-state index in [0.717, 1.165) is 45.7 Å². The standard InChI is InChI=1S/C27H30N6O/c1-17(2)12-20-9-8-19(15-30-20)24-13-25(33-16-32-24)31-14-18(3)21-6-5-7-22-23(27(34)28-4)10-11-29-26(21)22/h5-11,13,15-18H,12,14H2,1-4H3,(H,28,34)(H,31,32,33). The van der Waals surface area contributed by atoms with Crippen LogP contribution in [0.4, 0.5) is 5.82 Å². The van der Waals surface area contributed by atoms with Gasteiger partial charge in [-0.25, -0.2) is 9.97 Å². The average molecular weight is 455 g/mol. The van der Waals surface area contributed by atoms with Gasteiger partial charge in [0.05, 0.1) is 16.8 Å². The van der Waals surface area contributed by atoms with Crippen LogP contribution in [0.3, 0.4) is 0 Å². The predicted molar refractivity (Wildman–Crippen MR) is 136 cm³/mol. The molecule has 0 saturated heterocycles. The Hall–Kier alpha value is -3.87. The maximum Gasteiger partial charge on any atom is 0.251 e. The number of amides is 1. The number of nitrogens with one attached hydrogen (secondary N) is 2. The molecule has 0 spiro atoms. The van der Waals surface area contributed by atoms with E-state index in [9.17, 15) is 4.79 Å². The molecule has 0 saturated carbocycles. The van der Waals surface area contributed by atoms with Crippen LogP contribution < -0.4 is 10.6 Å². The average Bonchev–Trinajstić information content (AvgIpc) is 2.86. The van der Waals surface area contributed by atoms with Gasteiger partial charge in [0.25, 0.3) is 5.91 Å². The molecule has 0 fully saturated rings. The van der Waals surface area contributed by atoms with Gasteiger partial charge in [-0.05, 0) is 36.1 Å². The monoisotopic (exact) mass is 454 g/mol. The summed E-state index contributed by atoms with van der Waals surface area (Å²) in [7, 11) is 1.64. The molecule has 7 nitrogen and oxygen atoms in total. The Kier molecular flexibility index (Phi) is 7.11. The summed E-state index contributed by atoms with van der Waals surface area (Å²) in [6, 6.07) is 13.8. The van der Waals surface area contributed by atoms with Gasteiger partial charge in [0.2, 0.25) is 0 Å². The number of fused-ring (bicyclic) bond motifs is 1. The van der Waals surface area contributed by atoms with Crippen LogP contribution in [-0.2, 0) is 6.42 Å². The lowest BCUT2D eigenvalue weighted by atomic mass is 9.96. The largest absolute Gasteiger partial charge is 0.369 e. The third-order valence-corrected chi connectivity index (χ3v) is 5.80. The zero-order chi connectivity index (χ0) is 24.1. The fourth-order valence-corrected chi connectivity index (χ4v) is 4.02. The van der Waals surface area contributed by atoms with Gasteiger partial charge in [0.1, 0.15) is 12.1 Å². The molecule has 174 valence electrons. The topological polar surface area (TPSA) is 92.7 Å². The molecule has 0 aliphatic rings. The predicted octanol–water partition coefficient (Wildman–Crippen LogP) is 4.86. The van der Waals surface area contributed by atoms with E-state index in [-0.39, 0.29) is 11.8 Å². The molecule has 1 unspecified atom stereocenters. The lowest BCUT2D eigenvalue weighted by molar-refractivity contribution is 0.0964. The van der Waals surface area contributed by atoms with Crippen molar-refractivity contribution in [2.45, 2.75) is 33.1 Å². The van der Waals surface area contributed by atoms with Crippen LogP contribution in [0.15, 0.2) is 61.2 Å². The molecule has 1 amide bonds. The Balaban J connectivity index is 1.50. The van der Waals surface area contributed by atoms with Gasteiger partial charge in [-0.15, -0.1) is 0 Å². The van der Waals surface area contributed by atoms with Crippen LogP contribution in [0.25, 0.3) is 22.2 Å². The lowest BCUT2D eigenvalue weighted by Gasteiger charge is -2.16. The van der Waals surface area contributed by atoms with Crippen molar-refractivity contribution >= 4 is 22.6 Å². The smallest absolute Gasteiger partial charge is 0.251 e. The van der Waals surface area contributed by atoms with E-state index in [4.69, 9.17) is 0 Å². The third-order valence-electron chi connectivity index (χ3n) is 5.80. The first-order chi connectivity index (χ1) is 16.5. The zero-order valence-corrected chi connectivity index (χ0v) is 20.0. The van der Waals surface area contributed by atoms with Crippen molar-refractivity contribution in [1.29, 1.82) is 0 Å². The van der Waals surface area contributed by atoms with Gasteiger partial charge in [-0.1, -0.05) is 39.0 Å². The molecule has 0 radical (unpaired) electrons. The number of para-hydroxylation sites is 1. The van der Waals surface area contributed by atoms with Crippen molar-refractivity contribution < 1.29 is 4.79 Å². The molecule has 1 atom stereocenters. The molecular weight excluding hydrogens is 424 g/mol. The van der Waals surface area contributed by atoms with Crippen molar-refractivity contribution in [2.75, 3.05) is 18.9 Å². The van der Waals surface area contributed by atoms with E-state index < -0.39 is 0 Å². The lowest BCUT2D eigenvalue weighted by Crippen LogP contribution is -2.18. The highest BCUT2D eigenvalue weighted by Gasteiger charge is 2.15. The van der Waals surface area contributed by atoms with Crippen LogP contribution in [0.2, 0.25) is 0 Å². The van der Waals surface area contributed by atoms with Crippen molar-refractivity contribution in [2.24, 2.45) is 5.92 Å². The summed E-state index contributed by atoms with van der Waals surface area (Å²) in [6.07, 6.45) is 6.09. The minimum absolute atomic E-state index is 0.115. The fourth-order valence-electron chi connectivity index (χ4n) is 4.02. The molecule has 3 heterocycles. The first kappa shape index (κ1) is 23.3. The van der Waals surface area contributed by atoms with Gasteiger partial charge in [-0.2, -0.15) is 0 Å². The Morgan fingerprint density at radius 1 is 1.00 bits per heavy atom. The molecule has 0 aliphatic carbocycles. The summed E-state index contributed by atoms with van der Waals surface area (Å²) in [5, 5.41) is 6.98. The zero-order valence-electron chi connectivity index (χ0n) is 20.0. The molecule has 4 aromatic rings. The molecule has 4 rings (SSSR count). The number of aromatic nitrogens is 4. The number of benzene rings is 1. The number of rotatable bonds is 8. The summed E-state index contributed by atoms with van der Waals surface area (Å²) in [6.45, 7) is 7.17. The van der Waals surface area contributed by atoms with Crippen molar-refractivity contribution in [3.8, 4) is 11.3 Å². The fraction of sp³-hybridized carbons (Fsp3) is 0.296. The second-order valence-electron chi connectivity index (χ2n) is 8.89. The quantitative estimate of drug-likeness (QED) is 0.395. The summed E-state index contributed by atoms with van der Waals surface area (Å²) in [4.78, 5) is 30.2. The van der Waals surface area contributed by atoms with Crippen molar-refractivity contribution in [3.05, 3.63) is 78.0 Å². The van der Waals surface area contributed by atoms with Gasteiger partial charge in [-0.3, -0.25) is 14.8 Å². The van der Waals surface area contributed by atoms with Gasteiger partial charge in [0.15, 0.2) is 0 Å². The molecular formula is C27H30N6O. The molecule has 7 heteroatoms. The SMILES string of the molecule is CNC(=O)c1ccnc2c(C(C)CNc3cc(-c4ccc(CC(C)C)nc4)ncn3)cccc12. The number of carbonyl (C=O) groups is 1. The maximum absolute atomic E-state index is 12.3. The molecule has 1 aromatic carbocycles. The first-order valence-electron chi connectivity index (χ1n) is 11.6. The highest BCUT2D eigenvalue weighted by molar-refractivity contribution is 6.06. The Morgan fingerprint density at radius 3 is 2.59 bits per heavy atom. The van der Waals surface area contributed by atoms with E-state index in [2.05, 4.69) is 69.5 Å². The van der Waals surface area contributed by atoms with E-state index in [1.807, 2.05) is 24.4 Å². The molecule has 2 N–H and O–H groups in total. The summed E-state index contributed by atoms with van der Waals surface area (Å²) >= 11 is 0. The number of carbonyl (C=O) groups excluding carboxylic acids is 1. The van der Waals surface area contributed by atoms with E-state index >= 15 is 0 Å². The second kappa shape index (κ2) is 10.4. The van der Waals surface area contributed by atoms with E-state index in [1.165, 1.54) is 0 Å². The number of hydrogen-bond donors (Lipinski definition) is 2. The summed E-state index contributed by atoms with van der Waals surface area (Å²) in [5.41, 5.74) is 5.43. The summed E-state index contributed by atoms with van der Waals surface area (Å²) < 4.78 is 0. The Morgan fingerprint density at radius 2 is 1.85 bits per heavy atom. The number of pyridine rings is 2. The van der Waals surface area contributed by atoms with Crippen LogP contribution in [0.5, 0.6) is 0 Å². The molecule has 0 bridgehead atoms. The maximum atomic E-state index is 12.3. The number of nitrogens with zero attached hydrogens (tertiary/aromatic N) is 4. The Bertz CT molecular complexity index is 1290. The van der Waals surface area contributed by atoms with Crippen molar-refractivity contribution in [1.82, 2.24) is 25.3 Å². The third kappa shape index (κ3) is 5.20. The molecule has 3 aromatic heterocycles. The van der Waals surface area contributed by atoms with Gasteiger partial charge in [0, 0.05) is 54.6 Å². The highest BCUT2D eigenvalue weighted by Crippen LogP contribution is 2.27. The van der Waals surface area contributed by atoms with E-state index in [0.29, 0.717) is 18.0 Å². The van der Waals surface area contributed by atoms with Crippen molar-refractivity contribution in [3.63, 3.8) is 0 Å². The Labute approximate surface area is 200 Å². The second-order valence-corrected chi connectivity index (χ2v) is 8.89. The number of anilines is 1. The normalized spacial score (nSPS) is 12.0. The molecule has 34 heavy (non-hydrogen) atoms. The van der Waals surface area contributed by atoms with Gasteiger partial charge >= 0.3 is 0 Å². The molecule has 0 aliphatic heterocycles. The first-order valence-corrected chi connectivity index (χ1v) is 11.6. The van der Waals surface area contributed by atoms with Crippen LogP contribution >= 0.6 is 0 Å². The van der Waals surface area contributed by atoms with Crippen LogP contribution in [0, 0.1) is 5.92 Å².